The molecule has 0 atom stereocenters. The predicted octanol–water partition coefficient (Wildman–Crippen LogP) is 14.9. The van der Waals surface area contributed by atoms with Gasteiger partial charge in [0.25, 0.3) is 0 Å². The summed E-state index contributed by atoms with van der Waals surface area (Å²) < 4.78 is 44.5. The van der Waals surface area contributed by atoms with Crippen molar-refractivity contribution in [2.45, 2.75) is 68.1 Å². The van der Waals surface area contributed by atoms with E-state index in [9.17, 15) is 5.11 Å². The zero-order valence-corrected chi connectivity index (χ0v) is 57.0. The number of rotatable bonds is 22. The lowest BCUT2D eigenvalue weighted by molar-refractivity contribution is -0.0442. The summed E-state index contributed by atoms with van der Waals surface area (Å²) in [7, 11) is 14.0. The van der Waals surface area contributed by atoms with Crippen LogP contribution in [0.25, 0.3) is 66.9 Å². The average molecular weight is 1400 g/mol. The van der Waals surface area contributed by atoms with E-state index in [0.29, 0.717) is 43.1 Å². The Morgan fingerprint density at radius 1 is 0.447 bits per heavy atom. The van der Waals surface area contributed by atoms with Crippen molar-refractivity contribution in [3.05, 3.63) is 171 Å². The molecule has 2 saturated heterocycles. The van der Waals surface area contributed by atoms with Crippen molar-refractivity contribution in [1.82, 2.24) is 64.6 Å². The molecule has 0 radical (unpaired) electrons. The van der Waals surface area contributed by atoms with Crippen LogP contribution in [0.15, 0.2) is 165 Å². The Morgan fingerprint density at radius 3 is 1.34 bits per heavy atom. The van der Waals surface area contributed by atoms with E-state index in [-0.39, 0.29) is 42.6 Å². The Bertz CT molecular complexity index is 4720. The summed E-state index contributed by atoms with van der Waals surface area (Å²) in [6.07, 6.45) is 22.2. The summed E-state index contributed by atoms with van der Waals surface area (Å²) in [6, 6.07) is 36.2. The number of anilines is 6. The molecule has 1 aliphatic carbocycles. The first kappa shape index (κ1) is 76.4. The molecule has 24 nitrogen and oxygen atoms in total. The molecular formula is C79H98N16O8. The average Bonchev–Trinajstić information content (AvgIpc) is 1.76. The van der Waals surface area contributed by atoms with Gasteiger partial charge in [0.15, 0.2) is 6.29 Å². The second kappa shape index (κ2) is 35.2. The fraction of sp³-hybridized carbons (Fsp3) is 0.354. The Morgan fingerprint density at radius 2 is 0.903 bits per heavy atom. The van der Waals surface area contributed by atoms with Crippen LogP contribution < -0.4 is 43.7 Å². The van der Waals surface area contributed by atoms with Crippen LogP contribution in [0.4, 0.5) is 34.1 Å². The number of hydrogen-bond donors (Lipinski definition) is 2. The van der Waals surface area contributed by atoms with E-state index in [4.69, 9.17) is 48.1 Å². The molecular weight excluding hydrogens is 1300 g/mol. The zero-order chi connectivity index (χ0) is 68.4. The lowest BCUT2D eigenvalue weighted by Crippen LogP contribution is -2.30. The number of nitrogens with zero attached hydrogens (tertiary/aromatic N) is 15. The number of aromatic nitrogens is 12. The molecule has 8 heterocycles. The first-order valence-electron chi connectivity index (χ1n) is 33.2. The highest BCUT2D eigenvalue weighted by molar-refractivity contribution is 5.86. The minimum Gasteiger partial charge on any atom is -0.497 e. The van der Waals surface area contributed by atoms with E-state index < -0.39 is 0 Å². The molecule has 0 bridgehead atoms. The van der Waals surface area contributed by atoms with Crippen LogP contribution in [0.5, 0.6) is 28.7 Å². The van der Waals surface area contributed by atoms with Gasteiger partial charge in [-0.05, 0) is 136 Å². The number of benzene rings is 6. The Kier molecular flexibility index (Phi) is 26.1. The van der Waals surface area contributed by atoms with Gasteiger partial charge in [-0.1, -0.05) is 29.7 Å². The van der Waals surface area contributed by atoms with Crippen LogP contribution >= 0.6 is 0 Å². The SMILES string of the molecule is C.C.C.C.COc1cc(C2OCCO2)cc(N(CC2CC2)c2ccc3ncc(-c4cnn(C)c4)nc3c2)c1.COc1cc(OC)cc(N(CCC2CCNCC2)c2ccc3ncc(-c4cnn(C)c4)nc3c2)c1.COc1ccc(OC)c(N(CCO)c2ccc3ncc(-c4cnn(C)c4)nc3c2)c1. The second-order valence-electron chi connectivity index (χ2n) is 24.7. The van der Waals surface area contributed by atoms with E-state index in [0.717, 1.165) is 156 Å². The van der Waals surface area contributed by atoms with Crippen LogP contribution in [0.2, 0.25) is 0 Å². The maximum atomic E-state index is 9.71. The highest BCUT2D eigenvalue weighted by Crippen LogP contribution is 2.42. The van der Waals surface area contributed by atoms with Gasteiger partial charge in [0.1, 0.15) is 28.7 Å². The molecule has 2 N–H and O–H groups in total. The minimum absolute atomic E-state index is 0. The number of hydrogen-bond acceptors (Lipinski definition) is 21. The van der Waals surface area contributed by atoms with E-state index in [1.165, 1.54) is 25.7 Å². The molecule has 6 aromatic heterocycles. The summed E-state index contributed by atoms with van der Waals surface area (Å²) in [5.74, 6) is 5.09. The normalized spacial score (nSPS) is 13.4. The fourth-order valence-corrected chi connectivity index (χ4v) is 12.4. The van der Waals surface area contributed by atoms with E-state index in [1.807, 2.05) is 118 Å². The van der Waals surface area contributed by atoms with E-state index in [2.05, 4.69) is 93.9 Å². The van der Waals surface area contributed by atoms with E-state index >= 15 is 0 Å². The highest BCUT2D eigenvalue weighted by atomic mass is 16.7. The maximum absolute atomic E-state index is 9.71. The van der Waals surface area contributed by atoms with E-state index in [1.54, 1.807) is 74.4 Å². The molecule has 3 fully saturated rings. The van der Waals surface area contributed by atoms with Gasteiger partial charge in [-0.3, -0.25) is 29.0 Å². The molecule has 1 saturated carbocycles. The van der Waals surface area contributed by atoms with Crippen molar-refractivity contribution in [3.8, 4) is 62.5 Å². The number of methoxy groups -OCH3 is 5. The Labute approximate surface area is 604 Å². The van der Waals surface area contributed by atoms with Crippen molar-refractivity contribution < 1.29 is 38.3 Å². The first-order valence-corrected chi connectivity index (χ1v) is 33.2. The highest BCUT2D eigenvalue weighted by Gasteiger charge is 2.28. The standard InChI is InChI=1S/C27H32N6O2.C26H27N5O3.C22H23N5O3.4CH4/c1-32-18-20(16-30-32)27-17-29-25-5-4-21(14-26(25)31-27)33(11-8-19-6-9-28-10-7-19)22-12-23(34-2)15-24(13-22)35-3;1-30-16-19(13-28-30)25-14-27-23-6-5-20(12-24(23)29-25)31(15-17-3-4-17)21-9-18(10-22(11-21)32-2)26-33-7-8-34-26;1-26-14-15(12-24-26)20-13-23-18-6-4-16(10-19(18)25-20)27(8-9-28)21-11-17(29-2)5-7-22(21)30-3;;;;/h4-5,12-19,28H,6-11H2,1-3H3;5-6,9-14,16-17,26H,3-4,7-8,15H2,1-2H3;4-7,10-14,28H,8-9H2,1-3H3;4*1H4. The lowest BCUT2D eigenvalue weighted by atomic mass is 9.94. The fourth-order valence-electron chi connectivity index (χ4n) is 12.4. The van der Waals surface area contributed by atoms with Crippen molar-refractivity contribution in [2.75, 3.05) is 103 Å². The lowest BCUT2D eigenvalue weighted by Gasteiger charge is -2.29. The Hall–Kier alpha value is -10.8. The summed E-state index contributed by atoms with van der Waals surface area (Å²) in [5.41, 5.74) is 17.0. The van der Waals surface area contributed by atoms with Crippen molar-refractivity contribution >= 4 is 67.2 Å². The van der Waals surface area contributed by atoms with Gasteiger partial charge in [-0.15, -0.1) is 0 Å². The third-order valence-electron chi connectivity index (χ3n) is 17.9. The van der Waals surface area contributed by atoms with Gasteiger partial charge in [0.05, 0.1) is 148 Å². The molecule has 2 aliphatic heterocycles. The molecule has 6 aromatic carbocycles. The molecule has 103 heavy (non-hydrogen) atoms. The minimum atomic E-state index is -0.360. The number of aliphatic hydroxyl groups is 1. The summed E-state index contributed by atoms with van der Waals surface area (Å²) in [5, 5.41) is 25.9. The number of nitrogens with one attached hydrogen (secondary N) is 1. The molecule has 0 amide bonds. The van der Waals surface area contributed by atoms with Gasteiger partial charge in [0, 0.05) is 140 Å². The number of piperidine rings is 1. The molecule has 15 rings (SSSR count). The topological polar surface area (TPSA) is 237 Å². The number of aryl methyl sites for hydroxylation is 3. The van der Waals surface area contributed by atoms with Gasteiger partial charge in [-0.25, -0.2) is 15.0 Å². The molecule has 0 unspecified atom stereocenters. The van der Waals surface area contributed by atoms with Crippen LogP contribution in [-0.2, 0) is 30.6 Å². The second-order valence-corrected chi connectivity index (χ2v) is 24.7. The Balaban J connectivity index is 0.000000177. The first-order chi connectivity index (χ1) is 48.4. The summed E-state index contributed by atoms with van der Waals surface area (Å²) in [6.45, 7) is 5.57. The molecule has 12 aromatic rings. The van der Waals surface area contributed by atoms with Crippen LogP contribution in [0.3, 0.4) is 0 Å². The molecule has 3 aliphatic rings. The molecule has 24 heteroatoms. The number of aliphatic hydroxyl groups excluding tert-OH is 1. The number of fused-ring (bicyclic) bond motifs is 3. The monoisotopic (exact) mass is 1400 g/mol. The predicted molar refractivity (Wildman–Crippen MR) is 410 cm³/mol. The van der Waals surface area contributed by atoms with Crippen molar-refractivity contribution in [1.29, 1.82) is 0 Å². The van der Waals surface area contributed by atoms with Crippen molar-refractivity contribution in [3.63, 3.8) is 0 Å². The third kappa shape index (κ3) is 18.3. The smallest absolute Gasteiger partial charge is 0.184 e. The summed E-state index contributed by atoms with van der Waals surface area (Å²) in [4.78, 5) is 35.1. The maximum Gasteiger partial charge on any atom is 0.184 e. The van der Waals surface area contributed by atoms with Gasteiger partial charge < -0.3 is 58.3 Å². The molecule has 0 spiro atoms. The summed E-state index contributed by atoms with van der Waals surface area (Å²) >= 11 is 0. The van der Waals surface area contributed by atoms with Crippen LogP contribution in [-0.4, -0.2) is 152 Å². The third-order valence-corrected chi connectivity index (χ3v) is 17.9. The largest absolute Gasteiger partial charge is 0.497 e. The van der Waals surface area contributed by atoms with Crippen molar-refractivity contribution in [2.24, 2.45) is 33.0 Å². The van der Waals surface area contributed by atoms with Crippen LogP contribution in [0.1, 0.15) is 73.7 Å². The zero-order valence-electron chi connectivity index (χ0n) is 57.0. The number of ether oxygens (including phenoxy) is 7. The van der Waals surface area contributed by atoms with Gasteiger partial charge >= 0.3 is 0 Å². The van der Waals surface area contributed by atoms with Gasteiger partial charge in [0.2, 0.25) is 0 Å². The quantitative estimate of drug-likeness (QED) is 0.0641. The van der Waals surface area contributed by atoms with Crippen LogP contribution in [0, 0.1) is 11.8 Å². The van der Waals surface area contributed by atoms with Gasteiger partial charge in [-0.2, -0.15) is 15.3 Å². The molecule has 542 valence electrons.